The summed E-state index contributed by atoms with van der Waals surface area (Å²) < 4.78 is 0. The predicted octanol–water partition coefficient (Wildman–Crippen LogP) is 1.26. The molecule has 1 aromatic rings. The SMILES string of the molecule is CNC(=O)N1CCc2ccc(CN)cc2C1.Cl. The van der Waals surface area contributed by atoms with Gasteiger partial charge in [0, 0.05) is 26.7 Å². The van der Waals surface area contributed by atoms with Gasteiger partial charge in [0.2, 0.25) is 0 Å². The number of hydrogen-bond donors (Lipinski definition) is 2. The Morgan fingerprint density at radius 1 is 1.47 bits per heavy atom. The molecule has 0 saturated heterocycles. The van der Waals surface area contributed by atoms with Gasteiger partial charge in [-0.05, 0) is 23.1 Å². The highest BCUT2D eigenvalue weighted by atomic mass is 35.5. The minimum Gasteiger partial charge on any atom is -0.341 e. The number of carbonyl (C=O) groups excluding carboxylic acids is 1. The fraction of sp³-hybridized carbons (Fsp3) is 0.417. The molecule has 0 atom stereocenters. The van der Waals surface area contributed by atoms with Crippen LogP contribution >= 0.6 is 12.4 Å². The molecule has 2 rings (SSSR count). The van der Waals surface area contributed by atoms with E-state index in [-0.39, 0.29) is 18.4 Å². The van der Waals surface area contributed by atoms with Crippen molar-refractivity contribution in [2.24, 2.45) is 5.73 Å². The van der Waals surface area contributed by atoms with Crippen molar-refractivity contribution in [3.05, 3.63) is 34.9 Å². The maximum atomic E-state index is 11.5. The van der Waals surface area contributed by atoms with E-state index in [9.17, 15) is 4.79 Å². The molecule has 0 aromatic heterocycles. The van der Waals surface area contributed by atoms with Gasteiger partial charge in [0.15, 0.2) is 0 Å². The Labute approximate surface area is 108 Å². The third-order valence-electron chi connectivity index (χ3n) is 3.02. The topological polar surface area (TPSA) is 58.4 Å². The molecule has 0 radical (unpaired) electrons. The van der Waals surface area contributed by atoms with Gasteiger partial charge in [0.25, 0.3) is 0 Å². The number of hydrogen-bond acceptors (Lipinski definition) is 2. The van der Waals surface area contributed by atoms with E-state index in [4.69, 9.17) is 5.73 Å². The summed E-state index contributed by atoms with van der Waals surface area (Å²) in [6, 6.07) is 6.28. The fourth-order valence-corrected chi connectivity index (χ4v) is 2.07. The summed E-state index contributed by atoms with van der Waals surface area (Å²) in [6.07, 6.45) is 0.924. The first-order valence-corrected chi connectivity index (χ1v) is 5.52. The number of nitrogens with one attached hydrogen (secondary N) is 1. The predicted molar refractivity (Wildman–Crippen MR) is 70.2 cm³/mol. The highest BCUT2D eigenvalue weighted by Gasteiger charge is 2.19. The molecule has 0 fully saturated rings. The van der Waals surface area contributed by atoms with E-state index < -0.39 is 0 Å². The number of urea groups is 1. The number of amides is 2. The van der Waals surface area contributed by atoms with Gasteiger partial charge in [-0.25, -0.2) is 4.79 Å². The first kappa shape index (κ1) is 13.8. The number of halogens is 1. The molecular weight excluding hydrogens is 238 g/mol. The second kappa shape index (κ2) is 5.89. The van der Waals surface area contributed by atoms with Crippen LogP contribution in [-0.2, 0) is 19.5 Å². The summed E-state index contributed by atoms with van der Waals surface area (Å²) in [4.78, 5) is 13.3. The number of carbonyl (C=O) groups is 1. The zero-order chi connectivity index (χ0) is 11.5. The molecule has 1 aromatic carbocycles. The minimum atomic E-state index is -0.0104. The molecule has 0 unspecified atom stereocenters. The summed E-state index contributed by atoms with van der Waals surface area (Å²) in [5, 5.41) is 2.66. The lowest BCUT2D eigenvalue weighted by molar-refractivity contribution is 0.194. The highest BCUT2D eigenvalue weighted by Crippen LogP contribution is 2.20. The summed E-state index contributed by atoms with van der Waals surface area (Å²) in [6.45, 7) is 2.02. The molecule has 0 spiro atoms. The van der Waals surface area contributed by atoms with Crippen molar-refractivity contribution in [1.29, 1.82) is 0 Å². The van der Waals surface area contributed by atoms with Crippen molar-refractivity contribution < 1.29 is 4.79 Å². The van der Waals surface area contributed by atoms with Gasteiger partial charge in [0.1, 0.15) is 0 Å². The van der Waals surface area contributed by atoms with Crippen molar-refractivity contribution in [1.82, 2.24) is 10.2 Å². The molecule has 2 amide bonds. The standard InChI is InChI=1S/C12H17N3O.ClH/c1-14-12(16)15-5-4-10-3-2-9(7-13)6-11(10)8-15;/h2-3,6H,4-5,7-8,13H2,1H3,(H,14,16);1H. The third kappa shape index (κ3) is 2.90. The van der Waals surface area contributed by atoms with Gasteiger partial charge in [-0.2, -0.15) is 0 Å². The molecule has 3 N–H and O–H groups in total. The lowest BCUT2D eigenvalue weighted by atomic mass is 9.97. The van der Waals surface area contributed by atoms with E-state index in [1.54, 1.807) is 7.05 Å². The molecule has 0 aliphatic carbocycles. The van der Waals surface area contributed by atoms with Crippen LogP contribution < -0.4 is 11.1 Å². The average Bonchev–Trinajstić information content (AvgIpc) is 2.36. The van der Waals surface area contributed by atoms with Crippen molar-refractivity contribution in [3.8, 4) is 0 Å². The lowest BCUT2D eigenvalue weighted by Crippen LogP contribution is -2.41. The Morgan fingerprint density at radius 2 is 2.24 bits per heavy atom. The molecule has 4 nitrogen and oxygen atoms in total. The van der Waals surface area contributed by atoms with E-state index >= 15 is 0 Å². The quantitative estimate of drug-likeness (QED) is 0.794. The third-order valence-corrected chi connectivity index (χ3v) is 3.02. The van der Waals surface area contributed by atoms with Crippen molar-refractivity contribution in [2.45, 2.75) is 19.5 Å². The highest BCUT2D eigenvalue weighted by molar-refractivity contribution is 5.85. The van der Waals surface area contributed by atoms with E-state index in [1.807, 2.05) is 4.90 Å². The lowest BCUT2D eigenvalue weighted by Gasteiger charge is -2.28. The zero-order valence-corrected chi connectivity index (χ0v) is 10.7. The Morgan fingerprint density at radius 3 is 2.88 bits per heavy atom. The van der Waals surface area contributed by atoms with Crippen molar-refractivity contribution in [2.75, 3.05) is 13.6 Å². The number of rotatable bonds is 1. The number of fused-ring (bicyclic) bond motifs is 1. The first-order chi connectivity index (χ1) is 7.74. The zero-order valence-electron chi connectivity index (χ0n) is 9.90. The number of benzene rings is 1. The van der Waals surface area contributed by atoms with Crippen LogP contribution in [0.3, 0.4) is 0 Å². The maximum Gasteiger partial charge on any atom is 0.317 e. The van der Waals surface area contributed by atoms with E-state index in [2.05, 4.69) is 23.5 Å². The Kier molecular flexibility index (Phi) is 4.78. The molecule has 5 heteroatoms. The molecular formula is C12H18ClN3O. The normalized spacial score (nSPS) is 13.6. The van der Waals surface area contributed by atoms with E-state index in [0.717, 1.165) is 18.5 Å². The second-order valence-corrected chi connectivity index (χ2v) is 4.03. The van der Waals surface area contributed by atoms with Crippen LogP contribution in [0, 0.1) is 0 Å². The average molecular weight is 256 g/mol. The van der Waals surface area contributed by atoms with Crippen LogP contribution in [0.15, 0.2) is 18.2 Å². The van der Waals surface area contributed by atoms with Crippen LogP contribution in [0.4, 0.5) is 4.79 Å². The second-order valence-electron chi connectivity index (χ2n) is 4.03. The van der Waals surface area contributed by atoms with Crippen molar-refractivity contribution >= 4 is 18.4 Å². The maximum absolute atomic E-state index is 11.5. The molecule has 17 heavy (non-hydrogen) atoms. The van der Waals surface area contributed by atoms with Crippen LogP contribution in [0.2, 0.25) is 0 Å². The fourth-order valence-electron chi connectivity index (χ4n) is 2.07. The number of nitrogens with zero attached hydrogens (tertiary/aromatic N) is 1. The molecule has 0 saturated carbocycles. The summed E-state index contributed by atoms with van der Waals surface area (Å²) in [5.74, 6) is 0. The molecule has 1 heterocycles. The van der Waals surface area contributed by atoms with Crippen LogP contribution in [0.5, 0.6) is 0 Å². The summed E-state index contributed by atoms with van der Waals surface area (Å²) in [5.41, 5.74) is 9.28. The van der Waals surface area contributed by atoms with Gasteiger partial charge >= 0.3 is 6.03 Å². The Hall–Kier alpha value is -1.26. The van der Waals surface area contributed by atoms with Crippen LogP contribution in [0.1, 0.15) is 16.7 Å². The first-order valence-electron chi connectivity index (χ1n) is 5.52. The minimum absolute atomic E-state index is 0. The van der Waals surface area contributed by atoms with Crippen LogP contribution in [0.25, 0.3) is 0 Å². The molecule has 94 valence electrons. The molecule has 0 bridgehead atoms. The van der Waals surface area contributed by atoms with E-state index in [1.165, 1.54) is 11.1 Å². The molecule has 1 aliphatic heterocycles. The van der Waals surface area contributed by atoms with E-state index in [0.29, 0.717) is 13.1 Å². The monoisotopic (exact) mass is 255 g/mol. The van der Waals surface area contributed by atoms with Crippen molar-refractivity contribution in [3.63, 3.8) is 0 Å². The smallest absolute Gasteiger partial charge is 0.317 e. The number of nitrogens with two attached hydrogens (primary N) is 1. The molecule has 1 aliphatic rings. The Bertz CT molecular complexity index is 409. The van der Waals surface area contributed by atoms with Gasteiger partial charge < -0.3 is 16.0 Å². The van der Waals surface area contributed by atoms with Crippen LogP contribution in [-0.4, -0.2) is 24.5 Å². The van der Waals surface area contributed by atoms with Gasteiger partial charge in [-0.1, -0.05) is 18.2 Å². The van der Waals surface area contributed by atoms with Gasteiger partial charge in [-0.15, -0.1) is 12.4 Å². The summed E-state index contributed by atoms with van der Waals surface area (Å²) in [7, 11) is 1.66. The van der Waals surface area contributed by atoms with Gasteiger partial charge in [0.05, 0.1) is 0 Å². The summed E-state index contributed by atoms with van der Waals surface area (Å²) >= 11 is 0. The van der Waals surface area contributed by atoms with Gasteiger partial charge in [-0.3, -0.25) is 0 Å². The Balaban J connectivity index is 0.00000144. The largest absolute Gasteiger partial charge is 0.341 e.